The van der Waals surface area contributed by atoms with Gasteiger partial charge in [-0.25, -0.2) is 4.39 Å². The molecule has 2 rings (SSSR count). The molecule has 1 saturated heterocycles. The van der Waals surface area contributed by atoms with E-state index < -0.39 is 12.1 Å². The minimum atomic E-state index is -0.535. The Morgan fingerprint density at radius 3 is 2.85 bits per heavy atom. The predicted molar refractivity (Wildman–Crippen MR) is 71.3 cm³/mol. The van der Waals surface area contributed by atoms with Crippen LogP contribution in [0.3, 0.4) is 0 Å². The lowest BCUT2D eigenvalue weighted by Crippen LogP contribution is -2.37. The second-order valence-corrected chi connectivity index (χ2v) is 4.67. The average molecular weight is 277 g/mol. The highest BCUT2D eigenvalue weighted by atomic mass is 19.1. The summed E-state index contributed by atoms with van der Waals surface area (Å²) in [7, 11) is 1.33. The van der Waals surface area contributed by atoms with Crippen molar-refractivity contribution >= 4 is 5.97 Å². The molecular formula is C15H16FNO3. The van der Waals surface area contributed by atoms with Gasteiger partial charge >= 0.3 is 5.97 Å². The third-order valence-corrected chi connectivity index (χ3v) is 3.21. The molecule has 4 nitrogen and oxygen atoms in total. The summed E-state index contributed by atoms with van der Waals surface area (Å²) in [5.41, 5.74) is 0.709. The lowest BCUT2D eigenvalue weighted by Gasteiger charge is -2.18. The summed E-state index contributed by atoms with van der Waals surface area (Å²) in [4.78, 5) is 13.4. The molecule has 0 aliphatic carbocycles. The molecule has 106 valence electrons. The van der Waals surface area contributed by atoms with Crippen LogP contribution in [0.25, 0.3) is 0 Å². The zero-order chi connectivity index (χ0) is 14.5. The lowest BCUT2D eigenvalue weighted by atomic mass is 10.2. The first-order valence-corrected chi connectivity index (χ1v) is 6.34. The van der Waals surface area contributed by atoms with Gasteiger partial charge in [0.15, 0.2) is 0 Å². The fraction of sp³-hybridized carbons (Fsp3) is 0.400. The second kappa shape index (κ2) is 6.51. The van der Waals surface area contributed by atoms with Crippen molar-refractivity contribution in [1.82, 2.24) is 4.90 Å². The standard InChI is InChI=1S/C15H16FNO3/c1-20-15(19)14-9-13(18)10-17(14)8-2-3-11-4-6-12(16)7-5-11/h4-7,13-14,18H,8-10H2,1H3/t13-,14-/m0/s1. The lowest BCUT2D eigenvalue weighted by molar-refractivity contribution is -0.145. The first kappa shape index (κ1) is 14.5. The van der Waals surface area contributed by atoms with Gasteiger partial charge < -0.3 is 9.84 Å². The molecule has 0 aromatic heterocycles. The summed E-state index contributed by atoms with van der Waals surface area (Å²) in [6.45, 7) is 0.756. The maximum atomic E-state index is 12.7. The molecule has 20 heavy (non-hydrogen) atoms. The van der Waals surface area contributed by atoms with Crippen LogP contribution >= 0.6 is 0 Å². The van der Waals surface area contributed by atoms with Crippen molar-refractivity contribution in [2.24, 2.45) is 0 Å². The molecule has 1 heterocycles. The average Bonchev–Trinajstić information content (AvgIpc) is 2.81. The van der Waals surface area contributed by atoms with E-state index in [1.54, 1.807) is 17.0 Å². The number of halogens is 1. The van der Waals surface area contributed by atoms with E-state index >= 15 is 0 Å². The van der Waals surface area contributed by atoms with Gasteiger partial charge in [-0.3, -0.25) is 9.69 Å². The van der Waals surface area contributed by atoms with Crippen LogP contribution in [0.1, 0.15) is 12.0 Å². The molecule has 0 amide bonds. The van der Waals surface area contributed by atoms with Gasteiger partial charge in [0.05, 0.1) is 19.8 Å². The number of hydrogen-bond donors (Lipinski definition) is 1. The maximum absolute atomic E-state index is 12.7. The van der Waals surface area contributed by atoms with Crippen molar-refractivity contribution in [3.05, 3.63) is 35.6 Å². The Morgan fingerprint density at radius 1 is 1.50 bits per heavy atom. The highest BCUT2D eigenvalue weighted by Crippen LogP contribution is 2.18. The molecule has 0 bridgehead atoms. The summed E-state index contributed by atoms with van der Waals surface area (Å²) in [6, 6.07) is 5.44. The molecule has 0 saturated carbocycles. The molecule has 1 aliphatic rings. The van der Waals surface area contributed by atoms with E-state index in [2.05, 4.69) is 11.8 Å². The summed E-state index contributed by atoms with van der Waals surface area (Å²) in [6.07, 6.45) is -0.169. The van der Waals surface area contributed by atoms with Crippen molar-refractivity contribution in [1.29, 1.82) is 0 Å². The Bertz CT molecular complexity index is 532. The minimum absolute atomic E-state index is 0.302. The van der Waals surface area contributed by atoms with Gasteiger partial charge in [0.1, 0.15) is 11.9 Å². The van der Waals surface area contributed by atoms with Gasteiger partial charge in [0, 0.05) is 18.5 Å². The third-order valence-electron chi connectivity index (χ3n) is 3.21. The topological polar surface area (TPSA) is 49.8 Å². The predicted octanol–water partition coefficient (Wildman–Crippen LogP) is 0.785. The summed E-state index contributed by atoms with van der Waals surface area (Å²) < 4.78 is 17.4. The smallest absolute Gasteiger partial charge is 0.323 e. The minimum Gasteiger partial charge on any atom is -0.468 e. The summed E-state index contributed by atoms with van der Waals surface area (Å²) in [5, 5.41) is 9.62. The van der Waals surface area contributed by atoms with E-state index in [4.69, 9.17) is 4.74 Å². The van der Waals surface area contributed by atoms with E-state index in [0.717, 1.165) is 0 Å². The molecule has 0 unspecified atom stereocenters. The zero-order valence-electron chi connectivity index (χ0n) is 11.2. The number of nitrogens with zero attached hydrogens (tertiary/aromatic N) is 1. The van der Waals surface area contributed by atoms with Crippen LogP contribution < -0.4 is 0 Å². The highest BCUT2D eigenvalue weighted by Gasteiger charge is 2.36. The largest absolute Gasteiger partial charge is 0.468 e. The first-order valence-electron chi connectivity index (χ1n) is 6.34. The van der Waals surface area contributed by atoms with Gasteiger partial charge in [0.2, 0.25) is 0 Å². The molecular weight excluding hydrogens is 261 g/mol. The van der Waals surface area contributed by atoms with E-state index in [9.17, 15) is 14.3 Å². The number of carbonyl (C=O) groups is 1. The number of aliphatic hydroxyl groups is 1. The Morgan fingerprint density at radius 2 is 2.20 bits per heavy atom. The SMILES string of the molecule is COC(=O)[C@@H]1C[C@H](O)CN1CC#Cc1ccc(F)cc1. The fourth-order valence-electron chi connectivity index (χ4n) is 2.21. The van der Waals surface area contributed by atoms with Crippen LogP contribution in [0, 0.1) is 17.7 Å². The Balaban J connectivity index is 1.99. The van der Waals surface area contributed by atoms with E-state index in [1.165, 1.54) is 19.2 Å². The number of likely N-dealkylation sites (tertiary alicyclic amines) is 1. The van der Waals surface area contributed by atoms with Gasteiger partial charge in [0.25, 0.3) is 0 Å². The third kappa shape index (κ3) is 3.56. The number of hydrogen-bond acceptors (Lipinski definition) is 4. The van der Waals surface area contributed by atoms with E-state index in [1.807, 2.05) is 0 Å². The number of aliphatic hydroxyl groups excluding tert-OH is 1. The maximum Gasteiger partial charge on any atom is 0.323 e. The van der Waals surface area contributed by atoms with Crippen molar-refractivity contribution < 1.29 is 19.0 Å². The molecule has 5 heteroatoms. The number of benzene rings is 1. The molecule has 1 N–H and O–H groups in total. The van der Waals surface area contributed by atoms with Crippen LogP contribution in [0.4, 0.5) is 4.39 Å². The van der Waals surface area contributed by atoms with Crippen molar-refractivity contribution in [2.75, 3.05) is 20.2 Å². The molecule has 0 radical (unpaired) electrons. The summed E-state index contributed by atoms with van der Waals surface area (Å²) >= 11 is 0. The van der Waals surface area contributed by atoms with E-state index in [0.29, 0.717) is 25.1 Å². The van der Waals surface area contributed by atoms with E-state index in [-0.39, 0.29) is 11.8 Å². The van der Waals surface area contributed by atoms with Gasteiger partial charge in [-0.2, -0.15) is 0 Å². The van der Waals surface area contributed by atoms with Crippen LogP contribution in [0.15, 0.2) is 24.3 Å². The van der Waals surface area contributed by atoms with Crippen LogP contribution in [0.2, 0.25) is 0 Å². The molecule has 1 aliphatic heterocycles. The molecule has 1 aromatic rings. The Kier molecular flexibility index (Phi) is 4.72. The highest BCUT2D eigenvalue weighted by molar-refractivity contribution is 5.76. The van der Waals surface area contributed by atoms with Crippen LogP contribution in [-0.2, 0) is 9.53 Å². The van der Waals surface area contributed by atoms with Crippen molar-refractivity contribution in [3.8, 4) is 11.8 Å². The molecule has 0 spiro atoms. The van der Waals surface area contributed by atoms with Gasteiger partial charge in [-0.15, -0.1) is 0 Å². The molecule has 2 atom stereocenters. The summed E-state index contributed by atoms with van der Waals surface area (Å²) in [5.74, 6) is 5.17. The van der Waals surface area contributed by atoms with Crippen LogP contribution in [0.5, 0.6) is 0 Å². The number of esters is 1. The van der Waals surface area contributed by atoms with Crippen molar-refractivity contribution in [2.45, 2.75) is 18.6 Å². The second-order valence-electron chi connectivity index (χ2n) is 4.67. The number of rotatable bonds is 2. The Labute approximate surface area is 117 Å². The Hall–Kier alpha value is -1.90. The van der Waals surface area contributed by atoms with Crippen molar-refractivity contribution in [3.63, 3.8) is 0 Å². The number of carbonyl (C=O) groups excluding carboxylic acids is 1. The van der Waals surface area contributed by atoms with Crippen LogP contribution in [-0.4, -0.2) is 48.3 Å². The van der Waals surface area contributed by atoms with Gasteiger partial charge in [-0.1, -0.05) is 11.8 Å². The first-order chi connectivity index (χ1) is 9.60. The number of methoxy groups -OCH3 is 1. The molecule has 1 fully saturated rings. The quantitative estimate of drug-likeness (QED) is 0.641. The zero-order valence-corrected chi connectivity index (χ0v) is 11.2. The number of ether oxygens (including phenoxy) is 1. The number of β-amino-alcohol motifs (C(OH)–C–C–N with tert-alkyl or cyclic N) is 1. The van der Waals surface area contributed by atoms with Gasteiger partial charge in [-0.05, 0) is 24.3 Å². The normalized spacial score (nSPS) is 22.1. The molecule has 1 aromatic carbocycles. The monoisotopic (exact) mass is 277 g/mol. The fourth-order valence-corrected chi connectivity index (χ4v) is 2.21.